The maximum Gasteiger partial charge on any atom is 0.258 e. The van der Waals surface area contributed by atoms with Gasteiger partial charge in [-0.1, -0.05) is 12.1 Å². The number of aryl methyl sites for hydroxylation is 1. The molecule has 1 aromatic carbocycles. The molecule has 0 amide bonds. The van der Waals surface area contributed by atoms with Gasteiger partial charge in [0.25, 0.3) is 5.56 Å². The fourth-order valence-corrected chi connectivity index (χ4v) is 4.09. The van der Waals surface area contributed by atoms with Gasteiger partial charge in [0.05, 0.1) is 22.0 Å². The number of aromatic amines is 1. The van der Waals surface area contributed by atoms with Gasteiger partial charge in [0.2, 0.25) is 0 Å². The summed E-state index contributed by atoms with van der Waals surface area (Å²) >= 11 is 1.73. The molecule has 0 radical (unpaired) electrons. The van der Waals surface area contributed by atoms with Gasteiger partial charge in [-0.2, -0.15) is 0 Å². The lowest BCUT2D eigenvalue weighted by atomic mass is 10.2. The Balaban J connectivity index is 1.67. The number of likely N-dealkylation sites (tertiary alicyclic amines) is 1. The normalized spacial score (nSPS) is 18.7. The maximum absolute atomic E-state index is 12.3. The van der Waals surface area contributed by atoms with E-state index in [-0.39, 0.29) is 11.6 Å². The Morgan fingerprint density at radius 2 is 2.26 bits per heavy atom. The number of rotatable bonds is 3. The van der Waals surface area contributed by atoms with Crippen molar-refractivity contribution >= 4 is 22.2 Å². The van der Waals surface area contributed by atoms with Crippen LogP contribution >= 0.6 is 11.3 Å². The zero-order valence-corrected chi connectivity index (χ0v) is 13.8. The van der Waals surface area contributed by atoms with Crippen molar-refractivity contribution in [1.29, 1.82) is 0 Å². The number of H-pyrrole nitrogens is 1. The summed E-state index contributed by atoms with van der Waals surface area (Å²) in [4.78, 5) is 28.0. The van der Waals surface area contributed by atoms with Gasteiger partial charge < -0.3 is 4.98 Å². The summed E-state index contributed by atoms with van der Waals surface area (Å²) in [5.74, 6) is 0.785. The number of para-hydroxylation sites is 1. The molecule has 0 saturated carbocycles. The van der Waals surface area contributed by atoms with Crippen molar-refractivity contribution in [3.8, 4) is 0 Å². The Morgan fingerprint density at radius 3 is 3.09 bits per heavy atom. The molecular formula is C17H18N4OS. The van der Waals surface area contributed by atoms with Crippen LogP contribution in [0.2, 0.25) is 0 Å². The first kappa shape index (κ1) is 14.5. The van der Waals surface area contributed by atoms with Gasteiger partial charge >= 0.3 is 0 Å². The first-order chi connectivity index (χ1) is 11.2. The van der Waals surface area contributed by atoms with Gasteiger partial charge in [-0.15, -0.1) is 11.3 Å². The van der Waals surface area contributed by atoms with E-state index in [2.05, 4.69) is 14.9 Å². The average Bonchev–Trinajstić information content (AvgIpc) is 3.17. The molecule has 6 heteroatoms. The molecule has 4 rings (SSSR count). The molecule has 3 aromatic rings. The number of hydrogen-bond donors (Lipinski definition) is 1. The number of thiazole rings is 1. The van der Waals surface area contributed by atoms with Crippen molar-refractivity contribution in [2.24, 2.45) is 0 Å². The molecule has 1 aliphatic rings. The molecule has 118 valence electrons. The lowest BCUT2D eigenvalue weighted by Gasteiger charge is -2.23. The third-order valence-corrected chi connectivity index (χ3v) is 5.24. The minimum absolute atomic E-state index is 0.0499. The Morgan fingerprint density at radius 1 is 1.39 bits per heavy atom. The largest absolute Gasteiger partial charge is 0.309 e. The number of benzene rings is 1. The van der Waals surface area contributed by atoms with Crippen molar-refractivity contribution in [1.82, 2.24) is 19.9 Å². The predicted octanol–water partition coefficient (Wildman–Crippen LogP) is 3.03. The van der Waals surface area contributed by atoms with Crippen LogP contribution in [0.25, 0.3) is 10.9 Å². The standard InChI is InChI=1S/C17H18N4OS/c1-11-18-9-12(23-11)10-21-8-4-7-15(21)16-19-14-6-3-2-5-13(14)17(22)20-16/h2-3,5-6,9,15H,4,7-8,10H2,1H3,(H,19,20,22). The Kier molecular flexibility index (Phi) is 3.71. The zero-order valence-electron chi connectivity index (χ0n) is 13.0. The minimum atomic E-state index is -0.0499. The van der Waals surface area contributed by atoms with E-state index >= 15 is 0 Å². The van der Waals surface area contributed by atoms with Crippen molar-refractivity contribution in [2.75, 3.05) is 6.54 Å². The van der Waals surface area contributed by atoms with Crippen molar-refractivity contribution in [3.63, 3.8) is 0 Å². The second kappa shape index (κ2) is 5.86. The van der Waals surface area contributed by atoms with E-state index in [0.717, 1.165) is 42.3 Å². The van der Waals surface area contributed by atoms with Gasteiger partial charge in [-0.25, -0.2) is 9.97 Å². The molecule has 1 atom stereocenters. The van der Waals surface area contributed by atoms with Crippen LogP contribution in [0.5, 0.6) is 0 Å². The molecule has 2 aromatic heterocycles. The summed E-state index contributed by atoms with van der Waals surface area (Å²) in [6.07, 6.45) is 4.10. The minimum Gasteiger partial charge on any atom is -0.309 e. The van der Waals surface area contributed by atoms with Gasteiger partial charge in [-0.05, 0) is 38.4 Å². The van der Waals surface area contributed by atoms with Crippen LogP contribution in [0.3, 0.4) is 0 Å². The van der Waals surface area contributed by atoms with Crippen molar-refractivity contribution in [3.05, 3.63) is 56.5 Å². The number of nitrogens with zero attached hydrogens (tertiary/aromatic N) is 3. The van der Waals surface area contributed by atoms with Crippen LogP contribution in [-0.4, -0.2) is 26.4 Å². The SMILES string of the molecule is Cc1ncc(CN2CCCC2c2nc3ccccc3c(=O)[nH]2)s1. The highest BCUT2D eigenvalue weighted by molar-refractivity contribution is 7.11. The highest BCUT2D eigenvalue weighted by Crippen LogP contribution is 2.32. The molecule has 1 saturated heterocycles. The molecule has 5 nitrogen and oxygen atoms in total. The molecule has 0 bridgehead atoms. The third kappa shape index (κ3) is 2.80. The Bertz CT molecular complexity index is 901. The first-order valence-corrected chi connectivity index (χ1v) is 8.67. The molecule has 23 heavy (non-hydrogen) atoms. The van der Waals surface area contributed by atoms with E-state index in [9.17, 15) is 4.79 Å². The molecular weight excluding hydrogens is 308 g/mol. The smallest absolute Gasteiger partial charge is 0.258 e. The second-order valence-electron chi connectivity index (χ2n) is 5.94. The van der Waals surface area contributed by atoms with E-state index in [0.29, 0.717) is 5.39 Å². The summed E-state index contributed by atoms with van der Waals surface area (Å²) in [7, 11) is 0. The predicted molar refractivity (Wildman–Crippen MR) is 91.6 cm³/mol. The summed E-state index contributed by atoms with van der Waals surface area (Å²) in [6.45, 7) is 3.92. The molecule has 1 N–H and O–H groups in total. The number of fused-ring (bicyclic) bond motifs is 1. The van der Waals surface area contributed by atoms with Crippen LogP contribution in [0.4, 0.5) is 0 Å². The molecule has 0 aliphatic carbocycles. The van der Waals surface area contributed by atoms with Crippen molar-refractivity contribution in [2.45, 2.75) is 32.4 Å². The molecule has 0 spiro atoms. The fourth-order valence-electron chi connectivity index (χ4n) is 3.27. The lowest BCUT2D eigenvalue weighted by Crippen LogP contribution is -2.26. The fraction of sp³-hybridized carbons (Fsp3) is 0.353. The quantitative estimate of drug-likeness (QED) is 0.803. The average molecular weight is 326 g/mol. The molecule has 1 aliphatic heterocycles. The van der Waals surface area contributed by atoms with E-state index in [4.69, 9.17) is 4.98 Å². The summed E-state index contributed by atoms with van der Waals surface area (Å²) in [6, 6.07) is 7.68. The van der Waals surface area contributed by atoms with Crippen LogP contribution in [0.1, 0.15) is 34.6 Å². The van der Waals surface area contributed by atoms with Crippen LogP contribution in [0, 0.1) is 6.92 Å². The summed E-state index contributed by atoms with van der Waals surface area (Å²) < 4.78 is 0. The van der Waals surface area contributed by atoms with Gasteiger partial charge in [0, 0.05) is 17.6 Å². The second-order valence-corrected chi connectivity index (χ2v) is 7.26. The van der Waals surface area contributed by atoms with Gasteiger partial charge in [0.1, 0.15) is 5.82 Å². The monoisotopic (exact) mass is 326 g/mol. The summed E-state index contributed by atoms with van der Waals surface area (Å²) in [5.41, 5.74) is 0.720. The topological polar surface area (TPSA) is 61.9 Å². The van der Waals surface area contributed by atoms with Crippen LogP contribution < -0.4 is 5.56 Å². The maximum atomic E-state index is 12.3. The zero-order chi connectivity index (χ0) is 15.8. The summed E-state index contributed by atoms with van der Waals surface area (Å²) in [5, 5.41) is 1.74. The van der Waals surface area contributed by atoms with E-state index in [1.54, 1.807) is 11.3 Å². The van der Waals surface area contributed by atoms with Gasteiger partial charge in [0.15, 0.2) is 0 Å². The van der Waals surface area contributed by atoms with E-state index in [1.165, 1.54) is 4.88 Å². The Hall–Kier alpha value is -2.05. The molecule has 1 fully saturated rings. The number of nitrogens with one attached hydrogen (secondary N) is 1. The van der Waals surface area contributed by atoms with E-state index < -0.39 is 0 Å². The third-order valence-electron chi connectivity index (χ3n) is 4.34. The molecule has 1 unspecified atom stereocenters. The number of aromatic nitrogens is 3. The highest BCUT2D eigenvalue weighted by atomic mass is 32.1. The lowest BCUT2D eigenvalue weighted by molar-refractivity contribution is 0.242. The van der Waals surface area contributed by atoms with Crippen LogP contribution in [0.15, 0.2) is 35.3 Å². The van der Waals surface area contributed by atoms with E-state index in [1.807, 2.05) is 37.4 Å². The van der Waals surface area contributed by atoms with Crippen LogP contribution in [-0.2, 0) is 6.54 Å². The molecule has 3 heterocycles. The van der Waals surface area contributed by atoms with Gasteiger partial charge in [-0.3, -0.25) is 9.69 Å². The number of hydrogen-bond acceptors (Lipinski definition) is 5. The van der Waals surface area contributed by atoms with Crippen molar-refractivity contribution < 1.29 is 0 Å². The Labute approximate surface area is 138 Å². The highest BCUT2D eigenvalue weighted by Gasteiger charge is 2.28. The first-order valence-electron chi connectivity index (χ1n) is 7.85.